The Bertz CT molecular complexity index is 492. The largest absolute Gasteiger partial charge is 0.322 e. The number of halogens is 1. The van der Waals surface area contributed by atoms with E-state index in [1.54, 1.807) is 19.9 Å². The molecule has 0 radical (unpaired) electrons. The van der Waals surface area contributed by atoms with Gasteiger partial charge in [-0.25, -0.2) is 12.8 Å². The number of hydrogen-bond donors (Lipinski definition) is 2. The standard InChI is InChI=1S/C10H15FN2O2S/c1-10(2,12)7-4-5-9(8(11)6-7)13-16(3,14)15/h4-6,13H,12H2,1-3H3. The number of sulfonamides is 1. The molecule has 0 unspecified atom stereocenters. The van der Waals surface area contributed by atoms with Crippen molar-refractivity contribution in [2.45, 2.75) is 19.4 Å². The lowest BCUT2D eigenvalue weighted by Crippen LogP contribution is -2.28. The summed E-state index contributed by atoms with van der Waals surface area (Å²) in [6.45, 7) is 3.48. The van der Waals surface area contributed by atoms with Gasteiger partial charge in [0.25, 0.3) is 0 Å². The van der Waals surface area contributed by atoms with Crippen LogP contribution in [0.5, 0.6) is 0 Å². The number of benzene rings is 1. The molecule has 4 nitrogen and oxygen atoms in total. The second-order valence-electron chi connectivity index (χ2n) is 4.29. The van der Waals surface area contributed by atoms with Crippen LogP contribution in [0.1, 0.15) is 19.4 Å². The molecule has 1 rings (SSSR count). The first-order valence-electron chi connectivity index (χ1n) is 4.66. The maximum Gasteiger partial charge on any atom is 0.229 e. The molecule has 0 amide bonds. The summed E-state index contributed by atoms with van der Waals surface area (Å²) in [4.78, 5) is 0. The summed E-state index contributed by atoms with van der Waals surface area (Å²) >= 11 is 0. The van der Waals surface area contributed by atoms with Gasteiger partial charge in [-0.2, -0.15) is 0 Å². The third kappa shape index (κ3) is 3.46. The van der Waals surface area contributed by atoms with Gasteiger partial charge in [0.15, 0.2) is 0 Å². The van der Waals surface area contributed by atoms with E-state index < -0.39 is 21.4 Å². The first kappa shape index (κ1) is 12.9. The van der Waals surface area contributed by atoms with Crippen molar-refractivity contribution >= 4 is 15.7 Å². The summed E-state index contributed by atoms with van der Waals surface area (Å²) in [5.74, 6) is -0.638. The van der Waals surface area contributed by atoms with Gasteiger partial charge < -0.3 is 5.73 Å². The van der Waals surface area contributed by atoms with E-state index in [9.17, 15) is 12.8 Å². The van der Waals surface area contributed by atoms with Gasteiger partial charge in [0.05, 0.1) is 11.9 Å². The normalized spacial score (nSPS) is 12.6. The number of hydrogen-bond acceptors (Lipinski definition) is 3. The zero-order chi connectivity index (χ0) is 12.6. The van der Waals surface area contributed by atoms with E-state index in [2.05, 4.69) is 4.72 Å². The lowest BCUT2D eigenvalue weighted by Gasteiger charge is -2.19. The zero-order valence-electron chi connectivity index (χ0n) is 9.41. The van der Waals surface area contributed by atoms with Crippen LogP contribution in [0.15, 0.2) is 18.2 Å². The van der Waals surface area contributed by atoms with E-state index in [-0.39, 0.29) is 5.69 Å². The number of anilines is 1. The highest BCUT2D eigenvalue weighted by atomic mass is 32.2. The Labute approximate surface area is 94.7 Å². The molecule has 0 aliphatic heterocycles. The van der Waals surface area contributed by atoms with Gasteiger partial charge in [0, 0.05) is 5.54 Å². The van der Waals surface area contributed by atoms with Crippen molar-refractivity contribution in [3.05, 3.63) is 29.6 Å². The van der Waals surface area contributed by atoms with Crippen LogP contribution in [0.25, 0.3) is 0 Å². The van der Waals surface area contributed by atoms with Crippen molar-refractivity contribution in [1.29, 1.82) is 0 Å². The monoisotopic (exact) mass is 246 g/mol. The topological polar surface area (TPSA) is 72.2 Å². The molecule has 1 aromatic carbocycles. The predicted octanol–water partition coefficient (Wildman–Crippen LogP) is 1.39. The average molecular weight is 246 g/mol. The molecule has 6 heteroatoms. The molecule has 1 aromatic rings. The molecule has 0 heterocycles. The first-order valence-corrected chi connectivity index (χ1v) is 6.55. The molecule has 0 aliphatic rings. The van der Waals surface area contributed by atoms with Crippen molar-refractivity contribution in [2.75, 3.05) is 11.0 Å². The summed E-state index contributed by atoms with van der Waals surface area (Å²) in [5, 5.41) is 0. The molecule has 0 aromatic heterocycles. The van der Waals surface area contributed by atoms with Crippen LogP contribution in [0.3, 0.4) is 0 Å². The second-order valence-corrected chi connectivity index (χ2v) is 6.04. The summed E-state index contributed by atoms with van der Waals surface area (Å²) in [7, 11) is -3.47. The summed E-state index contributed by atoms with van der Waals surface area (Å²) in [6, 6.07) is 4.18. The fourth-order valence-corrected chi connectivity index (χ4v) is 1.76. The Hall–Kier alpha value is -1.14. The van der Waals surface area contributed by atoms with Gasteiger partial charge in [-0.05, 0) is 31.5 Å². The lowest BCUT2D eigenvalue weighted by molar-refractivity contribution is 0.544. The molecule has 3 N–H and O–H groups in total. The minimum absolute atomic E-state index is 0.0736. The number of nitrogens with two attached hydrogens (primary N) is 1. The van der Waals surface area contributed by atoms with Crippen LogP contribution in [0, 0.1) is 5.82 Å². The molecule has 0 spiro atoms. The second kappa shape index (κ2) is 4.03. The fraction of sp³-hybridized carbons (Fsp3) is 0.400. The summed E-state index contributed by atoms with van der Waals surface area (Å²) in [5.41, 5.74) is 5.66. The Morgan fingerprint density at radius 2 is 1.94 bits per heavy atom. The molecule has 0 saturated carbocycles. The molecule has 0 bridgehead atoms. The Morgan fingerprint density at radius 3 is 2.31 bits per heavy atom. The molecule has 0 aliphatic carbocycles. The van der Waals surface area contributed by atoms with Crippen molar-refractivity contribution in [1.82, 2.24) is 0 Å². The van der Waals surface area contributed by atoms with E-state index in [4.69, 9.17) is 5.73 Å². The van der Waals surface area contributed by atoms with Gasteiger partial charge in [-0.15, -0.1) is 0 Å². The lowest BCUT2D eigenvalue weighted by atomic mass is 9.95. The molecular weight excluding hydrogens is 231 g/mol. The highest BCUT2D eigenvalue weighted by Crippen LogP contribution is 2.22. The van der Waals surface area contributed by atoms with Crippen LogP contribution >= 0.6 is 0 Å². The van der Waals surface area contributed by atoms with E-state index >= 15 is 0 Å². The highest BCUT2D eigenvalue weighted by molar-refractivity contribution is 7.92. The molecule has 90 valence electrons. The van der Waals surface area contributed by atoms with Gasteiger partial charge in [0.2, 0.25) is 10.0 Å². The van der Waals surface area contributed by atoms with Gasteiger partial charge in [-0.1, -0.05) is 6.07 Å². The third-order valence-corrected chi connectivity index (χ3v) is 2.60. The van der Waals surface area contributed by atoms with Crippen LogP contribution in [0.4, 0.5) is 10.1 Å². The van der Waals surface area contributed by atoms with Gasteiger partial charge >= 0.3 is 0 Å². The fourth-order valence-electron chi connectivity index (χ4n) is 1.20. The van der Waals surface area contributed by atoms with E-state index in [1.807, 2.05) is 0 Å². The molecule has 0 saturated heterocycles. The maximum absolute atomic E-state index is 13.5. The number of nitrogens with one attached hydrogen (secondary N) is 1. The average Bonchev–Trinajstić information content (AvgIpc) is 2.04. The van der Waals surface area contributed by atoms with E-state index in [0.717, 1.165) is 6.26 Å². The van der Waals surface area contributed by atoms with E-state index in [1.165, 1.54) is 12.1 Å². The summed E-state index contributed by atoms with van der Waals surface area (Å²) < 4.78 is 37.5. The van der Waals surface area contributed by atoms with Crippen molar-refractivity contribution < 1.29 is 12.8 Å². The smallest absolute Gasteiger partial charge is 0.229 e. The van der Waals surface area contributed by atoms with Crippen LogP contribution in [0.2, 0.25) is 0 Å². The molecule has 0 atom stereocenters. The molecular formula is C10H15FN2O2S. The van der Waals surface area contributed by atoms with Crippen LogP contribution in [-0.2, 0) is 15.6 Å². The Kier molecular flexibility index (Phi) is 3.25. The van der Waals surface area contributed by atoms with Crippen molar-refractivity contribution in [3.63, 3.8) is 0 Å². The van der Waals surface area contributed by atoms with Crippen molar-refractivity contribution in [2.24, 2.45) is 5.73 Å². The Morgan fingerprint density at radius 1 is 1.38 bits per heavy atom. The quantitative estimate of drug-likeness (QED) is 0.846. The van der Waals surface area contributed by atoms with Crippen LogP contribution < -0.4 is 10.5 Å². The number of rotatable bonds is 3. The third-order valence-electron chi connectivity index (χ3n) is 2.01. The Balaban J connectivity index is 3.11. The highest BCUT2D eigenvalue weighted by Gasteiger charge is 2.16. The molecule has 16 heavy (non-hydrogen) atoms. The maximum atomic E-state index is 13.5. The zero-order valence-corrected chi connectivity index (χ0v) is 10.2. The first-order chi connectivity index (χ1) is 7.09. The summed E-state index contributed by atoms with van der Waals surface area (Å²) in [6.07, 6.45) is 0.965. The molecule has 0 fully saturated rings. The van der Waals surface area contributed by atoms with E-state index in [0.29, 0.717) is 5.56 Å². The predicted molar refractivity (Wildman–Crippen MR) is 62.1 cm³/mol. The minimum atomic E-state index is -3.47. The van der Waals surface area contributed by atoms with Crippen molar-refractivity contribution in [3.8, 4) is 0 Å². The minimum Gasteiger partial charge on any atom is -0.322 e. The van der Waals surface area contributed by atoms with Gasteiger partial charge in [0.1, 0.15) is 5.82 Å². The van der Waals surface area contributed by atoms with Gasteiger partial charge in [-0.3, -0.25) is 4.72 Å². The van der Waals surface area contributed by atoms with Crippen LogP contribution in [-0.4, -0.2) is 14.7 Å². The SMILES string of the molecule is CC(C)(N)c1ccc(NS(C)(=O)=O)c(F)c1.